The number of aliphatic carboxylic acids is 1. The molecule has 4 aromatic rings. The highest BCUT2D eigenvalue weighted by atomic mass is 31.2. The molecule has 0 fully saturated rings. The molecule has 35 heavy (non-hydrogen) atoms. The summed E-state index contributed by atoms with van der Waals surface area (Å²) in [6.07, 6.45) is 2.92. The van der Waals surface area contributed by atoms with E-state index in [-0.39, 0.29) is 6.42 Å². The van der Waals surface area contributed by atoms with Gasteiger partial charge in [-0.25, -0.2) is 0 Å². The molecule has 1 unspecified atom stereocenters. The summed E-state index contributed by atoms with van der Waals surface area (Å²) in [5.41, 5.74) is 1.51. The number of unbranched alkanes of at least 4 members (excludes halogenated alkanes) is 1. The van der Waals surface area contributed by atoms with Crippen LogP contribution in [0.2, 0.25) is 0 Å². The Labute approximate surface area is 208 Å². The molecule has 0 saturated heterocycles. The van der Waals surface area contributed by atoms with Gasteiger partial charge >= 0.3 is 5.97 Å². The summed E-state index contributed by atoms with van der Waals surface area (Å²) in [5.74, 6) is -0.861. The summed E-state index contributed by atoms with van der Waals surface area (Å²) in [7, 11) is -1.86. The van der Waals surface area contributed by atoms with Crippen molar-refractivity contribution in [3.8, 4) is 0 Å². The monoisotopic (exact) mass is 483 g/mol. The lowest BCUT2D eigenvalue weighted by Gasteiger charge is -2.28. The maximum absolute atomic E-state index is 11.0. The Hall–Kier alpha value is -3.26. The van der Waals surface area contributed by atoms with Gasteiger partial charge in [0.1, 0.15) is 23.2 Å². The number of carbonyl (C=O) groups is 1. The smallest absolute Gasteiger partial charge is 0.307 e. The van der Waals surface area contributed by atoms with Crippen molar-refractivity contribution in [2.45, 2.75) is 31.8 Å². The molecule has 0 amide bonds. The van der Waals surface area contributed by atoms with Crippen LogP contribution in [0.4, 0.5) is 0 Å². The molecule has 4 heteroatoms. The lowest BCUT2D eigenvalue weighted by Crippen LogP contribution is -2.33. The molecule has 0 aliphatic heterocycles. The van der Waals surface area contributed by atoms with Crippen molar-refractivity contribution in [1.82, 2.24) is 0 Å². The van der Waals surface area contributed by atoms with E-state index in [0.29, 0.717) is 6.42 Å². The summed E-state index contributed by atoms with van der Waals surface area (Å²) in [4.78, 5) is 11.0. The Kier molecular flexibility index (Phi) is 8.47. The number of carboxylic acid groups (broad SMARTS) is 1. The van der Waals surface area contributed by atoms with Crippen LogP contribution in [-0.4, -0.2) is 22.3 Å². The van der Waals surface area contributed by atoms with E-state index >= 15 is 0 Å². The molecule has 0 aliphatic rings. The maximum atomic E-state index is 11.0. The fraction of sp³-hybridized carbons (Fsp3) is 0.194. The van der Waals surface area contributed by atoms with Gasteiger partial charge < -0.3 is 10.2 Å². The van der Waals surface area contributed by atoms with Crippen LogP contribution in [0.5, 0.6) is 0 Å². The number of aliphatic hydroxyl groups excluding tert-OH is 1. The third-order valence-electron chi connectivity index (χ3n) is 6.50. The van der Waals surface area contributed by atoms with Crippen LogP contribution in [0, 0.1) is 0 Å². The molecule has 4 rings (SSSR count). The van der Waals surface area contributed by atoms with E-state index in [2.05, 4.69) is 91.0 Å². The average molecular weight is 484 g/mol. The highest BCUT2D eigenvalue weighted by molar-refractivity contribution is 7.95. The highest BCUT2D eigenvalue weighted by Gasteiger charge is 2.44. The normalized spacial score (nSPS) is 12.3. The van der Waals surface area contributed by atoms with Gasteiger partial charge in [-0.1, -0.05) is 78.9 Å². The molecule has 0 aromatic heterocycles. The van der Waals surface area contributed by atoms with Crippen molar-refractivity contribution in [2.75, 3.05) is 6.16 Å². The van der Waals surface area contributed by atoms with E-state index in [1.807, 2.05) is 18.2 Å². The number of hydrogen-bond donors (Lipinski definition) is 2. The second-order valence-electron chi connectivity index (χ2n) is 8.87. The zero-order valence-electron chi connectivity index (χ0n) is 19.8. The largest absolute Gasteiger partial charge is 0.481 e. The molecule has 0 aliphatic carbocycles. The van der Waals surface area contributed by atoms with Gasteiger partial charge in [-0.05, 0) is 66.8 Å². The van der Waals surface area contributed by atoms with E-state index < -0.39 is 19.3 Å². The summed E-state index contributed by atoms with van der Waals surface area (Å²) in [6, 6.07) is 39.9. The Balaban J connectivity index is 1.56. The molecule has 1 atom stereocenters. The van der Waals surface area contributed by atoms with E-state index in [4.69, 9.17) is 5.11 Å². The first-order chi connectivity index (χ1) is 17.1. The first kappa shape index (κ1) is 24.9. The number of aliphatic hydroxyl groups is 1. The van der Waals surface area contributed by atoms with Crippen LogP contribution in [0.1, 0.15) is 36.5 Å². The third-order valence-corrected chi connectivity index (χ3v) is 11.0. The highest BCUT2D eigenvalue weighted by Crippen LogP contribution is 2.56. The summed E-state index contributed by atoms with van der Waals surface area (Å²) < 4.78 is 0. The Morgan fingerprint density at radius 2 is 1.20 bits per heavy atom. The second-order valence-corrected chi connectivity index (χ2v) is 12.5. The van der Waals surface area contributed by atoms with Gasteiger partial charge in [0.05, 0.1) is 18.7 Å². The van der Waals surface area contributed by atoms with E-state index in [0.717, 1.165) is 30.1 Å². The average Bonchev–Trinajstić information content (AvgIpc) is 2.90. The molecule has 0 radical (unpaired) electrons. The van der Waals surface area contributed by atoms with Gasteiger partial charge in [-0.3, -0.25) is 4.79 Å². The Morgan fingerprint density at radius 3 is 1.69 bits per heavy atom. The molecule has 0 saturated carbocycles. The summed E-state index contributed by atoms with van der Waals surface area (Å²) in [6.45, 7) is 0. The third kappa shape index (κ3) is 6.06. The molecule has 0 bridgehead atoms. The topological polar surface area (TPSA) is 57.5 Å². The lowest BCUT2D eigenvalue weighted by atomic mass is 10.0. The minimum Gasteiger partial charge on any atom is -0.481 e. The molecule has 178 valence electrons. The van der Waals surface area contributed by atoms with Crippen molar-refractivity contribution in [2.24, 2.45) is 0 Å². The Morgan fingerprint density at radius 1 is 0.686 bits per heavy atom. The SMILES string of the molecule is O=C(O)Cc1cccc(C(O)CCCC[P+](c2ccccc2)(c2ccccc2)c2ccccc2)c1. The fourth-order valence-corrected chi connectivity index (χ4v) is 9.23. The van der Waals surface area contributed by atoms with Gasteiger partial charge in [-0.15, -0.1) is 0 Å². The molecule has 3 nitrogen and oxygen atoms in total. The zero-order valence-corrected chi connectivity index (χ0v) is 20.7. The molecule has 2 N–H and O–H groups in total. The van der Waals surface area contributed by atoms with Crippen LogP contribution in [0.15, 0.2) is 115 Å². The van der Waals surface area contributed by atoms with Crippen LogP contribution in [0.25, 0.3) is 0 Å². The molecular weight excluding hydrogens is 451 g/mol. The number of rotatable bonds is 11. The molecular formula is C31H32O3P+. The van der Waals surface area contributed by atoms with Crippen LogP contribution in [-0.2, 0) is 11.2 Å². The first-order valence-electron chi connectivity index (χ1n) is 12.1. The van der Waals surface area contributed by atoms with Crippen molar-refractivity contribution in [3.05, 3.63) is 126 Å². The molecule has 0 heterocycles. The summed E-state index contributed by atoms with van der Waals surface area (Å²) in [5, 5.41) is 24.0. The first-order valence-corrected chi connectivity index (χ1v) is 14.1. The van der Waals surface area contributed by atoms with Crippen LogP contribution in [0.3, 0.4) is 0 Å². The van der Waals surface area contributed by atoms with Gasteiger partial charge in [0.25, 0.3) is 0 Å². The van der Waals surface area contributed by atoms with E-state index in [1.54, 1.807) is 6.07 Å². The van der Waals surface area contributed by atoms with Crippen LogP contribution < -0.4 is 15.9 Å². The maximum Gasteiger partial charge on any atom is 0.307 e. The van der Waals surface area contributed by atoms with Crippen molar-refractivity contribution in [1.29, 1.82) is 0 Å². The quantitative estimate of drug-likeness (QED) is 0.218. The number of benzene rings is 4. The zero-order chi connectivity index (χ0) is 24.5. The standard InChI is InChI=1S/C31H31O3P/c32-30(26-14-12-13-25(23-26)24-31(33)34)21-10-11-22-35(27-15-4-1-5-16-27,28-17-6-2-7-18-28)29-19-8-3-9-20-29/h1-9,12-20,23,30,32H,10-11,21-22,24H2/p+1. The fourth-order valence-electron chi connectivity index (χ4n) is 4.82. The van der Waals surface area contributed by atoms with Crippen LogP contribution >= 0.6 is 7.26 Å². The van der Waals surface area contributed by atoms with Crippen molar-refractivity contribution < 1.29 is 15.0 Å². The number of hydrogen-bond acceptors (Lipinski definition) is 2. The van der Waals surface area contributed by atoms with E-state index in [9.17, 15) is 9.90 Å². The van der Waals surface area contributed by atoms with Gasteiger partial charge in [-0.2, -0.15) is 0 Å². The van der Waals surface area contributed by atoms with Gasteiger partial charge in [0.2, 0.25) is 0 Å². The molecule has 4 aromatic carbocycles. The molecule has 0 spiro atoms. The minimum absolute atomic E-state index is 0.0290. The second kappa shape index (κ2) is 11.9. The Bertz CT molecular complexity index is 1110. The predicted molar refractivity (Wildman–Crippen MR) is 147 cm³/mol. The van der Waals surface area contributed by atoms with Gasteiger partial charge in [0.15, 0.2) is 0 Å². The van der Waals surface area contributed by atoms with E-state index in [1.165, 1.54) is 15.9 Å². The summed E-state index contributed by atoms with van der Waals surface area (Å²) >= 11 is 0. The lowest BCUT2D eigenvalue weighted by molar-refractivity contribution is -0.136. The predicted octanol–water partition coefficient (Wildman–Crippen LogP) is 5.51. The van der Waals surface area contributed by atoms with Gasteiger partial charge in [0, 0.05) is 0 Å². The van der Waals surface area contributed by atoms with Crippen molar-refractivity contribution in [3.63, 3.8) is 0 Å². The minimum atomic E-state index is -1.86. The number of carboxylic acids is 1. The van der Waals surface area contributed by atoms with Crippen molar-refractivity contribution >= 4 is 29.1 Å².